The normalized spacial score (nSPS) is 22.4. The predicted octanol–water partition coefficient (Wildman–Crippen LogP) is 5.75. The Morgan fingerprint density at radius 3 is 2.51 bits per heavy atom. The summed E-state index contributed by atoms with van der Waals surface area (Å²) in [5, 5.41) is 25.9. The Kier molecular flexibility index (Phi) is 12.3. The maximum atomic E-state index is 13.4. The van der Waals surface area contributed by atoms with Gasteiger partial charge >= 0.3 is 5.97 Å². The molecule has 1 saturated heterocycles. The average Bonchev–Trinajstić information content (AvgIpc) is 3.63. The van der Waals surface area contributed by atoms with Crippen molar-refractivity contribution in [2.45, 2.75) is 102 Å². The summed E-state index contributed by atoms with van der Waals surface area (Å²) in [4.78, 5) is 31.2. The number of methoxy groups -OCH3 is 1. The number of phenolic OH excluding ortho intramolecular Hbond substituents is 1. The Bertz CT molecular complexity index is 1910. The Morgan fingerprint density at radius 1 is 1.04 bits per heavy atom. The van der Waals surface area contributed by atoms with Crippen molar-refractivity contribution >= 4 is 11.9 Å². The summed E-state index contributed by atoms with van der Waals surface area (Å²) in [6.45, 7) is 6.07. The third kappa shape index (κ3) is 7.15. The molecule has 1 amide bonds. The fourth-order valence-electron chi connectivity index (χ4n) is 9.01. The SMILES string of the molecule is CCCCCC(=O)Oc1c(OC)c(C)cc2c1[C@@H]1C3Cc4c(O)c(C)c5c(c4[C@H](CNC(=O)CCc4ccccc4)N3[C@@H](C#N)[C@H](C2)N1C)OCO5.[Ac]. The number of benzene rings is 3. The number of fused-ring (bicyclic) bond motifs is 9. The molecule has 5 atom stereocenters. The zero-order valence-corrected chi connectivity index (χ0v) is 36.0. The number of aryl methyl sites for hydroxylation is 2. The molecule has 0 aliphatic carbocycles. The summed E-state index contributed by atoms with van der Waals surface area (Å²) < 4.78 is 24.2. The van der Waals surface area contributed by atoms with Crippen LogP contribution in [0.2, 0.25) is 0 Å². The quantitative estimate of drug-likeness (QED) is 0.139. The molecule has 3 aromatic rings. The number of phenols is 1. The van der Waals surface area contributed by atoms with Crippen LogP contribution in [0.25, 0.3) is 0 Å². The van der Waals surface area contributed by atoms with Crippen molar-refractivity contribution < 1.29 is 77.7 Å². The van der Waals surface area contributed by atoms with Crippen molar-refractivity contribution in [1.29, 1.82) is 5.26 Å². The van der Waals surface area contributed by atoms with Crippen molar-refractivity contribution in [3.05, 3.63) is 75.3 Å². The molecule has 4 heterocycles. The van der Waals surface area contributed by atoms with E-state index in [0.29, 0.717) is 66.2 Å². The van der Waals surface area contributed by atoms with Gasteiger partial charge in [-0.05, 0) is 63.3 Å². The summed E-state index contributed by atoms with van der Waals surface area (Å²) >= 11 is 0. The Hall–Kier alpha value is -3.35. The van der Waals surface area contributed by atoms with Gasteiger partial charge in [0.2, 0.25) is 12.7 Å². The first-order valence-electron chi connectivity index (χ1n) is 18.4. The van der Waals surface area contributed by atoms with Gasteiger partial charge in [-0.3, -0.25) is 19.4 Å². The molecular weight excluding hydrogens is 887 g/mol. The number of hydrogen-bond donors (Lipinski definition) is 2. The molecule has 7 rings (SSSR count). The second kappa shape index (κ2) is 16.6. The Morgan fingerprint density at radius 2 is 1.79 bits per heavy atom. The van der Waals surface area contributed by atoms with Crippen LogP contribution in [-0.4, -0.2) is 72.4 Å². The van der Waals surface area contributed by atoms with Crippen molar-refractivity contribution in [3.8, 4) is 34.8 Å². The number of amides is 1. The van der Waals surface area contributed by atoms with Crippen LogP contribution in [0.3, 0.4) is 0 Å². The minimum Gasteiger partial charge on any atom is -0.507 e. The number of piperazine rings is 1. The minimum atomic E-state index is -0.567. The molecular formula is C41H48AcN4O7. The molecule has 1 unspecified atom stereocenters. The molecule has 2 N–H and O–H groups in total. The number of nitriles is 1. The van der Waals surface area contributed by atoms with Crippen LogP contribution in [0.15, 0.2) is 36.4 Å². The number of nitrogens with zero attached hydrogens (tertiary/aromatic N) is 3. The molecule has 0 saturated carbocycles. The van der Waals surface area contributed by atoms with Crippen molar-refractivity contribution in [1.82, 2.24) is 15.1 Å². The summed E-state index contributed by atoms with van der Waals surface area (Å²) in [6.07, 6.45) is 4.80. The number of unbranched alkanes of at least 4 members (excludes halogenated alkanes) is 2. The van der Waals surface area contributed by atoms with E-state index in [2.05, 4.69) is 34.2 Å². The number of aromatic hydroxyl groups is 1. The molecule has 4 aliphatic heterocycles. The van der Waals surface area contributed by atoms with Gasteiger partial charge < -0.3 is 29.4 Å². The maximum Gasteiger partial charge on any atom is 0.311 e. The summed E-state index contributed by atoms with van der Waals surface area (Å²) in [5.41, 5.74) is 5.85. The van der Waals surface area contributed by atoms with E-state index in [4.69, 9.17) is 18.9 Å². The summed E-state index contributed by atoms with van der Waals surface area (Å²) in [6, 6.07) is 12.7. The number of likely N-dealkylation sites (N-methyl/N-ethyl adjacent to an activating group) is 1. The number of hydrogen-bond acceptors (Lipinski definition) is 10. The fraction of sp³-hybridized carbons (Fsp3) is 0.488. The molecule has 0 spiro atoms. The third-order valence-corrected chi connectivity index (χ3v) is 11.4. The second-order valence-corrected chi connectivity index (χ2v) is 14.5. The van der Waals surface area contributed by atoms with E-state index in [1.807, 2.05) is 51.2 Å². The molecule has 1 radical (unpaired) electrons. The van der Waals surface area contributed by atoms with Gasteiger partial charge in [0.1, 0.15) is 11.8 Å². The molecule has 277 valence electrons. The van der Waals surface area contributed by atoms with Crippen LogP contribution >= 0.6 is 0 Å². The van der Waals surface area contributed by atoms with Crippen molar-refractivity contribution in [2.24, 2.45) is 0 Å². The predicted molar refractivity (Wildman–Crippen MR) is 194 cm³/mol. The number of rotatable bonds is 11. The van der Waals surface area contributed by atoms with Crippen LogP contribution in [-0.2, 0) is 28.9 Å². The van der Waals surface area contributed by atoms with Gasteiger partial charge in [0.15, 0.2) is 23.0 Å². The molecule has 4 aliphatic rings. The third-order valence-electron chi connectivity index (χ3n) is 11.4. The van der Waals surface area contributed by atoms with E-state index < -0.39 is 12.1 Å². The van der Waals surface area contributed by atoms with Gasteiger partial charge in [-0.2, -0.15) is 5.26 Å². The van der Waals surface area contributed by atoms with Crippen molar-refractivity contribution in [2.75, 3.05) is 27.5 Å². The molecule has 12 heteroatoms. The first-order chi connectivity index (χ1) is 25.2. The van der Waals surface area contributed by atoms with Crippen LogP contribution in [0, 0.1) is 69.2 Å². The number of nitrogens with one attached hydrogen (secondary N) is 1. The van der Waals surface area contributed by atoms with E-state index in [-0.39, 0.29) is 93.2 Å². The number of esters is 1. The summed E-state index contributed by atoms with van der Waals surface area (Å²) in [7, 11) is 3.62. The average molecular weight is 936 g/mol. The molecule has 11 nitrogen and oxygen atoms in total. The van der Waals surface area contributed by atoms with Gasteiger partial charge in [0.25, 0.3) is 0 Å². The van der Waals surface area contributed by atoms with Gasteiger partial charge in [0, 0.05) is 97.8 Å². The van der Waals surface area contributed by atoms with E-state index in [1.165, 1.54) is 0 Å². The maximum absolute atomic E-state index is 13.4. The first kappa shape index (κ1) is 39.3. The zero-order chi connectivity index (χ0) is 36.7. The van der Waals surface area contributed by atoms with Crippen LogP contribution in [0.5, 0.6) is 28.7 Å². The van der Waals surface area contributed by atoms with E-state index >= 15 is 0 Å². The Labute approximate surface area is 347 Å². The van der Waals surface area contributed by atoms with Crippen LogP contribution < -0.4 is 24.3 Å². The minimum absolute atomic E-state index is 0. The van der Waals surface area contributed by atoms with Gasteiger partial charge in [-0.15, -0.1) is 0 Å². The van der Waals surface area contributed by atoms with E-state index in [1.54, 1.807) is 7.11 Å². The van der Waals surface area contributed by atoms with Crippen LogP contribution in [0.1, 0.15) is 90.1 Å². The van der Waals surface area contributed by atoms with E-state index in [0.717, 1.165) is 47.1 Å². The Balaban J connectivity index is 0.00000481. The second-order valence-electron chi connectivity index (χ2n) is 14.5. The van der Waals surface area contributed by atoms with E-state index in [9.17, 15) is 20.0 Å². The smallest absolute Gasteiger partial charge is 0.311 e. The largest absolute Gasteiger partial charge is 0.507 e. The standard InChI is InChI=1S/C41H48N4O7.Ac/c1-6-7-9-14-33(47)52-41-34-26(17-23(2)38(41)49-5)18-28-30(20-42)45-29(36(34)44(28)4)19-27-35(40-39(50-22-51-40)24(3)37(27)48)31(45)21-43-32(46)16-15-25-12-10-8-11-13-25;/h8,10-13,17,28-31,36,48H,6-7,9,14-16,18-19,21-22H2,1-5H3,(H,43,46);/t28-,29?,30-,31-,36-;/m0./s1. The number of carbonyl (C=O) groups is 2. The van der Waals surface area contributed by atoms with Gasteiger partial charge in [-0.1, -0.05) is 56.2 Å². The molecule has 53 heavy (non-hydrogen) atoms. The topological polar surface area (TPSA) is 134 Å². The molecule has 2 bridgehead atoms. The first-order valence-corrected chi connectivity index (χ1v) is 18.4. The number of carbonyl (C=O) groups excluding carboxylic acids is 2. The number of ether oxygens (including phenoxy) is 4. The molecule has 0 aromatic heterocycles. The summed E-state index contributed by atoms with van der Waals surface area (Å²) in [5.74, 6) is 1.68. The fourth-order valence-corrected chi connectivity index (χ4v) is 9.01. The van der Waals surface area contributed by atoms with Crippen LogP contribution in [0.4, 0.5) is 0 Å². The zero-order valence-electron chi connectivity index (χ0n) is 31.2. The van der Waals surface area contributed by atoms with Crippen molar-refractivity contribution in [3.63, 3.8) is 0 Å². The van der Waals surface area contributed by atoms with Gasteiger partial charge in [0.05, 0.1) is 25.3 Å². The van der Waals surface area contributed by atoms with Gasteiger partial charge in [-0.25, -0.2) is 0 Å². The molecule has 1 fully saturated rings. The monoisotopic (exact) mass is 935 g/mol. The molecule has 3 aromatic carbocycles.